The molecule has 0 atom stereocenters. The second-order valence-electron chi connectivity index (χ2n) is 15.9. The molecule has 8 aromatic carbocycles. The van der Waals surface area contributed by atoms with Gasteiger partial charge in [-0.3, -0.25) is 19.9 Å². The van der Waals surface area contributed by atoms with Crippen LogP contribution in [-0.2, 0) is 17.1 Å². The van der Waals surface area contributed by atoms with Gasteiger partial charge in [-0.25, -0.2) is 0 Å². The van der Waals surface area contributed by atoms with Gasteiger partial charge in [0.1, 0.15) is 0 Å². The van der Waals surface area contributed by atoms with E-state index in [1.54, 1.807) is 0 Å². The molecule has 0 aliphatic heterocycles. The van der Waals surface area contributed by atoms with E-state index in [4.69, 9.17) is 0 Å². The van der Waals surface area contributed by atoms with Gasteiger partial charge >= 0.3 is 0 Å². The SMILES string of the molecule is [Fe].[c-]1cccc2ccc3cccnc3c12.c1ccc(-c2ccnc3c2ccc2c(-c4ccccc4)ccnc23)cc1.c1ccc(-c2ccnc3c2ccc2c(-c4ccccc4)ccnc23)cc1. The second-order valence-corrected chi connectivity index (χ2v) is 15.9. The van der Waals surface area contributed by atoms with Crippen molar-refractivity contribution in [2.45, 2.75) is 0 Å². The van der Waals surface area contributed by atoms with Gasteiger partial charge in [0.25, 0.3) is 0 Å². The molecule has 13 rings (SSSR count). The Labute approximate surface area is 399 Å². The van der Waals surface area contributed by atoms with Crippen molar-refractivity contribution in [1.82, 2.24) is 24.9 Å². The van der Waals surface area contributed by atoms with Crippen molar-refractivity contribution in [2.75, 3.05) is 0 Å². The summed E-state index contributed by atoms with van der Waals surface area (Å²) in [6.45, 7) is 0. The molecule has 13 aromatic rings. The molecule has 67 heavy (non-hydrogen) atoms. The Morgan fingerprint density at radius 3 is 0.955 bits per heavy atom. The molecule has 0 saturated carbocycles. The number of benzene rings is 8. The summed E-state index contributed by atoms with van der Waals surface area (Å²) < 4.78 is 0. The minimum atomic E-state index is 0. The fourth-order valence-corrected chi connectivity index (χ4v) is 8.87. The first-order chi connectivity index (χ1) is 32.8. The third-order valence-corrected chi connectivity index (χ3v) is 12.0. The number of pyridine rings is 5. The molecule has 6 heteroatoms. The Hall–Kier alpha value is -8.41. The summed E-state index contributed by atoms with van der Waals surface area (Å²) in [6.07, 6.45) is 9.33. The Balaban J connectivity index is 0.000000122. The van der Waals surface area contributed by atoms with Gasteiger partial charge in [0, 0.05) is 69.6 Å². The van der Waals surface area contributed by atoms with Gasteiger partial charge in [0.2, 0.25) is 0 Å². The van der Waals surface area contributed by atoms with Gasteiger partial charge in [0.15, 0.2) is 0 Å². The van der Waals surface area contributed by atoms with E-state index in [2.05, 4.69) is 201 Å². The van der Waals surface area contributed by atoms with E-state index in [-0.39, 0.29) is 17.1 Å². The maximum atomic E-state index is 4.67. The van der Waals surface area contributed by atoms with Gasteiger partial charge in [-0.15, -0.1) is 35.0 Å². The third-order valence-electron chi connectivity index (χ3n) is 12.0. The van der Waals surface area contributed by atoms with Crippen LogP contribution < -0.4 is 0 Å². The normalized spacial score (nSPS) is 10.9. The molecule has 5 heterocycles. The van der Waals surface area contributed by atoms with E-state index in [0.29, 0.717) is 0 Å². The van der Waals surface area contributed by atoms with Gasteiger partial charge in [-0.05, 0) is 85.7 Å². The van der Waals surface area contributed by atoms with Crippen LogP contribution in [0.2, 0.25) is 0 Å². The minimum absolute atomic E-state index is 0. The van der Waals surface area contributed by atoms with Crippen LogP contribution >= 0.6 is 0 Å². The summed E-state index contributed by atoms with van der Waals surface area (Å²) in [5, 5.41) is 7.98. The quantitative estimate of drug-likeness (QED) is 0.100. The zero-order chi connectivity index (χ0) is 44.1. The first kappa shape index (κ1) is 42.5. The number of aromatic nitrogens is 5. The van der Waals surface area contributed by atoms with Crippen molar-refractivity contribution in [2.24, 2.45) is 0 Å². The maximum Gasteiger partial charge on any atom is 0.0970 e. The summed E-state index contributed by atoms with van der Waals surface area (Å²) in [5.41, 5.74) is 14.3. The van der Waals surface area contributed by atoms with E-state index in [0.717, 1.165) is 54.5 Å². The summed E-state index contributed by atoms with van der Waals surface area (Å²) in [6, 6.07) is 76.2. The first-order valence-corrected chi connectivity index (χ1v) is 22.0. The van der Waals surface area contributed by atoms with Gasteiger partial charge < -0.3 is 4.98 Å². The molecule has 0 N–H and O–H groups in total. The standard InChI is InChI=1S/2C24H16N2.C13H8N.Fe/c2*1-3-7-17(8-4-1)19-13-15-25-23-21(19)11-12-22-20(14-16-26-24(22)23)18-9-5-2-6-10-18;1-2-6-12-10(4-1)7-8-11-5-3-9-14-13(11)12;/h2*1-16H;1-5,7-9H;/q;;-1;. The molecule has 0 radical (unpaired) electrons. The van der Waals surface area contributed by atoms with Crippen LogP contribution in [0, 0.1) is 6.07 Å². The fraction of sp³-hybridized carbons (Fsp3) is 0. The molecule has 0 unspecified atom stereocenters. The van der Waals surface area contributed by atoms with Crippen molar-refractivity contribution < 1.29 is 17.1 Å². The molecule has 0 aliphatic carbocycles. The second kappa shape index (κ2) is 19.4. The molecule has 0 fully saturated rings. The Bertz CT molecular complexity index is 3360. The number of rotatable bonds is 4. The predicted molar refractivity (Wildman–Crippen MR) is 274 cm³/mol. The zero-order valence-corrected chi connectivity index (χ0v) is 37.3. The van der Waals surface area contributed by atoms with Crippen LogP contribution in [0.3, 0.4) is 0 Å². The van der Waals surface area contributed by atoms with E-state index < -0.39 is 0 Å². The molecule has 0 amide bonds. The minimum Gasteiger partial charge on any atom is -0.304 e. The Morgan fingerprint density at radius 1 is 0.254 bits per heavy atom. The van der Waals surface area contributed by atoms with Crippen LogP contribution in [0.1, 0.15) is 0 Å². The van der Waals surface area contributed by atoms with E-state index >= 15 is 0 Å². The smallest absolute Gasteiger partial charge is 0.0970 e. The predicted octanol–water partition coefficient (Wildman–Crippen LogP) is 15.4. The van der Waals surface area contributed by atoms with Crippen molar-refractivity contribution >= 4 is 65.3 Å². The topological polar surface area (TPSA) is 64.5 Å². The van der Waals surface area contributed by atoms with Gasteiger partial charge in [-0.1, -0.05) is 164 Å². The monoisotopic (exact) mass is 898 g/mol. The van der Waals surface area contributed by atoms with Crippen molar-refractivity contribution in [3.63, 3.8) is 0 Å². The average molecular weight is 899 g/mol. The number of hydrogen-bond acceptors (Lipinski definition) is 5. The molecule has 5 nitrogen and oxygen atoms in total. The summed E-state index contributed by atoms with van der Waals surface area (Å²) in [7, 11) is 0. The summed E-state index contributed by atoms with van der Waals surface area (Å²) in [4.78, 5) is 23.0. The van der Waals surface area contributed by atoms with Crippen molar-refractivity contribution in [3.8, 4) is 44.5 Å². The number of fused-ring (bicyclic) bond motifs is 9. The number of nitrogens with zero attached hydrogens (tertiary/aromatic N) is 5. The fourth-order valence-electron chi connectivity index (χ4n) is 8.87. The van der Waals surface area contributed by atoms with Crippen molar-refractivity contribution in [1.29, 1.82) is 0 Å². The molecular weight excluding hydrogens is 859 g/mol. The molecule has 0 saturated heterocycles. The van der Waals surface area contributed by atoms with Gasteiger partial charge in [-0.2, -0.15) is 0 Å². The third kappa shape index (κ3) is 8.51. The van der Waals surface area contributed by atoms with Crippen LogP contribution in [0.4, 0.5) is 0 Å². The molecule has 318 valence electrons. The largest absolute Gasteiger partial charge is 0.304 e. The molecule has 0 spiro atoms. The summed E-state index contributed by atoms with van der Waals surface area (Å²) >= 11 is 0. The Kier molecular flexibility index (Phi) is 12.3. The number of hydrogen-bond donors (Lipinski definition) is 0. The van der Waals surface area contributed by atoms with Gasteiger partial charge in [0.05, 0.1) is 22.1 Å². The van der Waals surface area contributed by atoms with E-state index in [1.807, 2.05) is 73.4 Å². The van der Waals surface area contributed by atoms with E-state index in [9.17, 15) is 0 Å². The molecule has 5 aromatic heterocycles. The van der Waals surface area contributed by atoms with E-state index in [1.165, 1.54) is 55.3 Å². The average Bonchev–Trinajstić information content (AvgIpc) is 3.41. The molecular formula is C61H40FeN5-. The molecule has 0 aliphatic rings. The van der Waals surface area contributed by atoms with Crippen LogP contribution in [-0.4, -0.2) is 24.9 Å². The van der Waals surface area contributed by atoms with Crippen molar-refractivity contribution in [3.05, 3.63) is 249 Å². The first-order valence-electron chi connectivity index (χ1n) is 22.0. The Morgan fingerprint density at radius 2 is 0.582 bits per heavy atom. The van der Waals surface area contributed by atoms with Crippen LogP contribution in [0.15, 0.2) is 243 Å². The van der Waals surface area contributed by atoms with Crippen LogP contribution in [0.25, 0.3) is 110 Å². The van der Waals surface area contributed by atoms with Crippen LogP contribution in [0.5, 0.6) is 0 Å². The summed E-state index contributed by atoms with van der Waals surface area (Å²) in [5.74, 6) is 0. The molecule has 0 bridgehead atoms. The zero-order valence-electron chi connectivity index (χ0n) is 36.2. The maximum absolute atomic E-state index is 4.67.